The van der Waals surface area contributed by atoms with Crippen LogP contribution in [0.5, 0.6) is 0 Å². The number of hydrogen-bond acceptors (Lipinski definition) is 6. The molecule has 0 saturated heterocycles. The molecule has 8 nitrogen and oxygen atoms in total. The van der Waals surface area contributed by atoms with E-state index in [1.165, 1.54) is 6.92 Å². The Hall–Kier alpha value is -1.71. The zero-order valence-electron chi connectivity index (χ0n) is 12.3. The number of carbonyl (C=O) groups excluding carboxylic acids is 1. The van der Waals surface area contributed by atoms with E-state index in [0.717, 1.165) is 0 Å². The zero-order valence-corrected chi connectivity index (χ0v) is 13.0. The predicted octanol–water partition coefficient (Wildman–Crippen LogP) is -0.532. The minimum absolute atomic E-state index is 0.189. The van der Waals surface area contributed by atoms with Crippen LogP contribution in [0.2, 0.25) is 5.02 Å². The first-order valence-corrected chi connectivity index (χ1v) is 7.28. The highest BCUT2D eigenvalue weighted by atomic mass is 35.5. The first-order valence-electron chi connectivity index (χ1n) is 6.90. The van der Waals surface area contributed by atoms with Gasteiger partial charge >= 0.3 is 0 Å². The number of nitrogens with one attached hydrogen (secondary N) is 2. The van der Waals surface area contributed by atoms with Gasteiger partial charge in [0, 0.05) is 11.9 Å². The van der Waals surface area contributed by atoms with Crippen LogP contribution in [0.3, 0.4) is 0 Å². The molecule has 6 N–H and O–H groups in total. The van der Waals surface area contributed by atoms with E-state index in [9.17, 15) is 20.1 Å². The van der Waals surface area contributed by atoms with Crippen molar-refractivity contribution in [3.8, 4) is 0 Å². The lowest BCUT2D eigenvalue weighted by Gasteiger charge is -2.28. The van der Waals surface area contributed by atoms with Crippen LogP contribution in [0.1, 0.15) is 18.8 Å². The maximum absolute atomic E-state index is 11.4. The van der Waals surface area contributed by atoms with Gasteiger partial charge in [0.25, 0.3) is 0 Å². The topological polar surface area (TPSA) is 139 Å². The van der Waals surface area contributed by atoms with E-state index < -0.39 is 36.9 Å². The number of nitrogens with zero attached hydrogens (tertiary/aromatic N) is 1. The Kier molecular flexibility index (Phi) is 5.55. The van der Waals surface area contributed by atoms with E-state index in [1.54, 1.807) is 18.2 Å². The van der Waals surface area contributed by atoms with Gasteiger partial charge in [-0.3, -0.25) is 4.79 Å². The Morgan fingerprint density at radius 2 is 2.04 bits per heavy atom. The predicted molar refractivity (Wildman–Crippen MR) is 82.8 cm³/mol. The van der Waals surface area contributed by atoms with Crippen LogP contribution in [0.15, 0.2) is 18.2 Å². The number of rotatable bonds is 6. The van der Waals surface area contributed by atoms with Gasteiger partial charge in [-0.05, 0) is 18.2 Å². The molecule has 0 fully saturated rings. The highest BCUT2D eigenvalue weighted by Gasteiger charge is 2.34. The monoisotopic (exact) mass is 343 g/mol. The van der Waals surface area contributed by atoms with Gasteiger partial charge in [-0.25, -0.2) is 4.98 Å². The van der Waals surface area contributed by atoms with Gasteiger partial charge < -0.3 is 30.7 Å². The number of aromatic amines is 1. The van der Waals surface area contributed by atoms with Gasteiger partial charge in [0.15, 0.2) is 0 Å². The summed E-state index contributed by atoms with van der Waals surface area (Å²) in [6, 6.07) is 3.83. The zero-order chi connectivity index (χ0) is 17.1. The Labute approximate surface area is 136 Å². The lowest BCUT2D eigenvalue weighted by Crippen LogP contribution is -2.47. The van der Waals surface area contributed by atoms with Crippen LogP contribution in [0.25, 0.3) is 11.0 Å². The van der Waals surface area contributed by atoms with Gasteiger partial charge in [0.2, 0.25) is 5.91 Å². The highest BCUT2D eigenvalue weighted by Crippen LogP contribution is 2.23. The molecule has 1 aromatic carbocycles. The Bertz CT molecular complexity index is 692. The second kappa shape index (κ2) is 7.24. The normalized spacial score (nSPS) is 16.8. The number of hydrogen-bond donors (Lipinski definition) is 6. The lowest BCUT2D eigenvalue weighted by molar-refractivity contribution is -0.123. The van der Waals surface area contributed by atoms with Crippen molar-refractivity contribution in [2.45, 2.75) is 31.3 Å². The first kappa shape index (κ1) is 17.6. The van der Waals surface area contributed by atoms with Crippen LogP contribution in [-0.4, -0.2) is 61.2 Å². The fourth-order valence-corrected chi connectivity index (χ4v) is 2.39. The molecule has 126 valence electrons. The van der Waals surface area contributed by atoms with E-state index in [-0.39, 0.29) is 5.82 Å². The lowest BCUT2D eigenvalue weighted by atomic mass is 10.0. The summed E-state index contributed by atoms with van der Waals surface area (Å²) in [6.07, 6.45) is -4.81. The molecule has 1 amide bonds. The van der Waals surface area contributed by atoms with Crippen molar-refractivity contribution in [3.05, 3.63) is 29.0 Å². The van der Waals surface area contributed by atoms with E-state index in [1.807, 2.05) is 0 Å². The van der Waals surface area contributed by atoms with Gasteiger partial charge in [-0.1, -0.05) is 11.6 Å². The van der Waals surface area contributed by atoms with Crippen LogP contribution >= 0.6 is 11.6 Å². The number of aromatic nitrogens is 2. The maximum Gasteiger partial charge on any atom is 0.217 e. The summed E-state index contributed by atoms with van der Waals surface area (Å²) in [5.74, 6) is -0.271. The molecule has 0 bridgehead atoms. The number of halogens is 1. The van der Waals surface area contributed by atoms with Gasteiger partial charge in [0.05, 0.1) is 17.6 Å². The van der Waals surface area contributed by atoms with Crippen molar-refractivity contribution in [1.82, 2.24) is 15.3 Å². The fraction of sp³-hybridized carbons (Fsp3) is 0.429. The molecule has 0 aliphatic rings. The molecule has 4 atom stereocenters. The third-order valence-electron chi connectivity index (χ3n) is 3.39. The molecule has 1 aromatic heterocycles. The maximum atomic E-state index is 11.4. The van der Waals surface area contributed by atoms with Crippen molar-refractivity contribution < 1.29 is 25.2 Å². The average Bonchev–Trinajstić information content (AvgIpc) is 2.92. The second-order valence-corrected chi connectivity index (χ2v) is 5.63. The molecule has 23 heavy (non-hydrogen) atoms. The fourth-order valence-electron chi connectivity index (χ4n) is 2.22. The van der Waals surface area contributed by atoms with Crippen molar-refractivity contribution in [2.75, 3.05) is 6.61 Å². The van der Waals surface area contributed by atoms with Crippen molar-refractivity contribution in [1.29, 1.82) is 0 Å². The smallest absolute Gasteiger partial charge is 0.217 e. The Morgan fingerprint density at radius 3 is 2.65 bits per heavy atom. The summed E-state index contributed by atoms with van der Waals surface area (Å²) in [6.45, 7) is 0.509. The van der Waals surface area contributed by atoms with Crippen molar-refractivity contribution in [3.63, 3.8) is 0 Å². The van der Waals surface area contributed by atoms with E-state index in [0.29, 0.717) is 16.1 Å². The quantitative estimate of drug-likeness (QED) is 0.417. The van der Waals surface area contributed by atoms with Crippen LogP contribution in [0, 0.1) is 0 Å². The van der Waals surface area contributed by atoms with Gasteiger partial charge in [0.1, 0.15) is 30.2 Å². The van der Waals surface area contributed by atoms with Gasteiger partial charge in [-0.15, -0.1) is 0 Å². The number of amides is 1. The van der Waals surface area contributed by atoms with Crippen molar-refractivity contribution >= 4 is 28.5 Å². The summed E-state index contributed by atoms with van der Waals surface area (Å²) in [5.41, 5.74) is 1.15. The van der Waals surface area contributed by atoms with Crippen molar-refractivity contribution in [2.24, 2.45) is 0 Å². The summed E-state index contributed by atoms with van der Waals surface area (Å²) in [5, 5.41) is 41.4. The van der Waals surface area contributed by atoms with Crippen LogP contribution in [-0.2, 0) is 4.79 Å². The summed E-state index contributed by atoms with van der Waals surface area (Å²) in [4.78, 5) is 18.5. The number of aliphatic hydroxyl groups is 4. The first-order chi connectivity index (χ1) is 10.8. The van der Waals surface area contributed by atoms with E-state index >= 15 is 0 Å². The summed E-state index contributed by atoms with van der Waals surface area (Å²) >= 11 is 5.90. The molecule has 0 aliphatic carbocycles. The molecular weight excluding hydrogens is 326 g/mol. The third-order valence-corrected chi connectivity index (χ3v) is 3.62. The highest BCUT2D eigenvalue weighted by molar-refractivity contribution is 6.31. The third kappa shape index (κ3) is 3.98. The number of benzene rings is 1. The Morgan fingerprint density at radius 1 is 1.35 bits per heavy atom. The number of H-pyrrole nitrogens is 1. The van der Waals surface area contributed by atoms with E-state index in [2.05, 4.69) is 15.3 Å². The molecule has 2 aromatic rings. The molecule has 0 radical (unpaired) electrons. The standard InChI is InChI=1S/C14H18ClN3O5/c1-6(20)16-11(13(23)12(22)10(21)5-19)14-17-8-3-2-7(15)4-9(8)18-14/h2-4,10-13,19,21-23H,5H2,1H3,(H,16,20)(H,17,18)/t10?,11?,12-,13-/m1/s1. The summed E-state index contributed by atoms with van der Waals surface area (Å²) in [7, 11) is 0. The minimum Gasteiger partial charge on any atom is -0.394 e. The molecule has 0 saturated carbocycles. The van der Waals surface area contributed by atoms with Crippen LogP contribution in [0.4, 0.5) is 0 Å². The molecule has 2 unspecified atom stereocenters. The number of aliphatic hydroxyl groups excluding tert-OH is 4. The molecule has 2 rings (SSSR count). The molecule has 0 aliphatic heterocycles. The molecule has 1 heterocycles. The SMILES string of the molecule is CC(=O)NC(c1nc2ccc(Cl)cc2[nH]1)[C@@H](O)[C@H](O)C(O)CO. The summed E-state index contributed by atoms with van der Waals surface area (Å²) < 4.78 is 0. The number of carbonyl (C=O) groups is 1. The minimum atomic E-state index is -1.67. The Balaban J connectivity index is 2.37. The molecular formula is C14H18ClN3O5. The number of fused-ring (bicyclic) bond motifs is 1. The van der Waals surface area contributed by atoms with E-state index in [4.69, 9.17) is 16.7 Å². The van der Waals surface area contributed by atoms with Crippen LogP contribution < -0.4 is 5.32 Å². The molecule has 0 spiro atoms. The van der Waals surface area contributed by atoms with Gasteiger partial charge in [-0.2, -0.15) is 0 Å². The number of imidazole rings is 1. The molecule has 9 heteroatoms. The second-order valence-electron chi connectivity index (χ2n) is 5.19. The average molecular weight is 344 g/mol. The largest absolute Gasteiger partial charge is 0.394 e.